The van der Waals surface area contributed by atoms with Crippen molar-refractivity contribution >= 4 is 0 Å². The molecule has 1 saturated heterocycles. The van der Waals surface area contributed by atoms with Gasteiger partial charge in [0.2, 0.25) is 0 Å². The molecule has 0 saturated carbocycles. The molecule has 6 heteroatoms. The van der Waals surface area contributed by atoms with Crippen LogP contribution in [-0.2, 0) is 27.4 Å². The van der Waals surface area contributed by atoms with Crippen molar-refractivity contribution in [3.8, 4) is 17.0 Å². The summed E-state index contributed by atoms with van der Waals surface area (Å²) < 4.78 is 29.6. The van der Waals surface area contributed by atoms with E-state index in [0.717, 1.165) is 28.1 Å². The van der Waals surface area contributed by atoms with Crippen molar-refractivity contribution in [2.45, 2.75) is 37.9 Å². The molecule has 2 heterocycles. The molecule has 4 aromatic rings. The Morgan fingerprint density at radius 3 is 2.23 bits per heavy atom. The summed E-state index contributed by atoms with van der Waals surface area (Å²) in [5.74, 6) is 1.49. The zero-order valence-corrected chi connectivity index (χ0v) is 19.7. The SMILES string of the molecule is COc1ccc(-c2cc([C@H]3C[C@H](OCc4ccccc4)[C@@H](COCc4ccccc4)O3)on2)cc1. The number of methoxy groups -OCH3 is 1. The summed E-state index contributed by atoms with van der Waals surface area (Å²) in [5, 5.41) is 4.26. The second-order valence-electron chi connectivity index (χ2n) is 8.58. The van der Waals surface area contributed by atoms with Gasteiger partial charge in [-0.3, -0.25) is 0 Å². The number of hydrogen-bond donors (Lipinski definition) is 0. The van der Waals surface area contributed by atoms with Crippen LogP contribution in [0.3, 0.4) is 0 Å². The summed E-state index contributed by atoms with van der Waals surface area (Å²) >= 11 is 0. The van der Waals surface area contributed by atoms with Crippen molar-refractivity contribution in [2.75, 3.05) is 13.7 Å². The fourth-order valence-corrected chi connectivity index (χ4v) is 4.21. The molecule has 1 aliphatic rings. The minimum Gasteiger partial charge on any atom is -0.497 e. The van der Waals surface area contributed by atoms with Crippen LogP contribution in [0.25, 0.3) is 11.3 Å². The monoisotopic (exact) mass is 471 g/mol. The highest BCUT2D eigenvalue weighted by Crippen LogP contribution is 2.37. The first kappa shape index (κ1) is 23.3. The van der Waals surface area contributed by atoms with Gasteiger partial charge in [0.05, 0.1) is 33.0 Å². The molecule has 0 radical (unpaired) electrons. The van der Waals surface area contributed by atoms with Gasteiger partial charge < -0.3 is 23.5 Å². The molecule has 5 rings (SSSR count). The predicted octanol–water partition coefficient (Wildman–Crippen LogP) is 5.98. The Kier molecular flexibility index (Phi) is 7.53. The molecule has 1 aliphatic heterocycles. The third-order valence-electron chi connectivity index (χ3n) is 6.13. The van der Waals surface area contributed by atoms with Crippen molar-refractivity contribution in [3.05, 3.63) is 108 Å². The number of aromatic nitrogens is 1. The van der Waals surface area contributed by atoms with Crippen LogP contribution in [0.1, 0.15) is 29.4 Å². The van der Waals surface area contributed by atoms with Crippen LogP contribution in [0.2, 0.25) is 0 Å². The predicted molar refractivity (Wildman–Crippen MR) is 132 cm³/mol. The highest BCUT2D eigenvalue weighted by Gasteiger charge is 2.39. The molecule has 35 heavy (non-hydrogen) atoms. The fourth-order valence-electron chi connectivity index (χ4n) is 4.21. The first-order valence-electron chi connectivity index (χ1n) is 11.8. The normalized spacial score (nSPS) is 19.6. The van der Waals surface area contributed by atoms with Gasteiger partial charge in [-0.1, -0.05) is 65.8 Å². The molecule has 1 fully saturated rings. The van der Waals surface area contributed by atoms with E-state index in [9.17, 15) is 0 Å². The molecule has 0 N–H and O–H groups in total. The van der Waals surface area contributed by atoms with Gasteiger partial charge in [-0.05, 0) is 35.4 Å². The van der Waals surface area contributed by atoms with E-state index in [4.69, 9.17) is 23.5 Å². The average Bonchev–Trinajstić information content (AvgIpc) is 3.56. The first-order chi connectivity index (χ1) is 17.3. The van der Waals surface area contributed by atoms with Gasteiger partial charge in [-0.2, -0.15) is 0 Å². The largest absolute Gasteiger partial charge is 0.497 e. The third kappa shape index (κ3) is 5.98. The van der Waals surface area contributed by atoms with Gasteiger partial charge in [0, 0.05) is 18.1 Å². The van der Waals surface area contributed by atoms with E-state index in [-0.39, 0.29) is 18.3 Å². The lowest BCUT2D eigenvalue weighted by Crippen LogP contribution is -2.29. The number of benzene rings is 3. The van der Waals surface area contributed by atoms with Gasteiger partial charge in [0.1, 0.15) is 23.7 Å². The molecular formula is C29H29NO5. The van der Waals surface area contributed by atoms with Gasteiger partial charge in [-0.25, -0.2) is 0 Å². The fraction of sp³-hybridized carbons (Fsp3) is 0.276. The molecule has 180 valence electrons. The van der Waals surface area contributed by atoms with E-state index in [1.807, 2.05) is 66.7 Å². The van der Waals surface area contributed by atoms with Gasteiger partial charge in [-0.15, -0.1) is 0 Å². The Bertz CT molecular complexity index is 1180. The summed E-state index contributed by atoms with van der Waals surface area (Å²) in [6.45, 7) is 1.48. The zero-order valence-electron chi connectivity index (χ0n) is 19.7. The molecule has 0 spiro atoms. The van der Waals surface area contributed by atoms with Crippen molar-refractivity contribution in [1.29, 1.82) is 0 Å². The molecule has 3 aromatic carbocycles. The van der Waals surface area contributed by atoms with Crippen LogP contribution in [0.4, 0.5) is 0 Å². The number of nitrogens with zero attached hydrogens (tertiary/aromatic N) is 1. The molecule has 0 bridgehead atoms. The molecule has 0 amide bonds. The van der Waals surface area contributed by atoms with Crippen molar-refractivity contribution in [3.63, 3.8) is 0 Å². The average molecular weight is 472 g/mol. The van der Waals surface area contributed by atoms with E-state index in [2.05, 4.69) is 29.4 Å². The van der Waals surface area contributed by atoms with Crippen molar-refractivity contribution in [1.82, 2.24) is 5.16 Å². The second-order valence-corrected chi connectivity index (χ2v) is 8.58. The van der Waals surface area contributed by atoms with Crippen molar-refractivity contribution in [2.24, 2.45) is 0 Å². The Balaban J connectivity index is 1.25. The Morgan fingerprint density at radius 2 is 1.54 bits per heavy atom. The van der Waals surface area contributed by atoms with Crippen molar-refractivity contribution < 1.29 is 23.5 Å². The van der Waals surface area contributed by atoms with Crippen LogP contribution in [0, 0.1) is 0 Å². The third-order valence-corrected chi connectivity index (χ3v) is 6.13. The standard InChI is InChI=1S/C29H29NO5/c1-31-24-14-12-23(13-15-24)25-16-28(35-30-25)27-17-26(33-19-22-10-6-3-7-11-22)29(34-27)20-32-18-21-8-4-2-5-9-21/h2-16,26-27,29H,17-20H2,1H3/t26-,27+,29+/m0/s1. The summed E-state index contributed by atoms with van der Waals surface area (Å²) in [6, 6.07) is 30.0. The highest BCUT2D eigenvalue weighted by atomic mass is 16.6. The maximum atomic E-state index is 6.37. The topological polar surface area (TPSA) is 63.0 Å². The Morgan fingerprint density at radius 1 is 0.857 bits per heavy atom. The number of hydrogen-bond acceptors (Lipinski definition) is 6. The molecule has 3 atom stereocenters. The maximum absolute atomic E-state index is 6.37. The van der Waals surface area contributed by atoms with Crippen LogP contribution >= 0.6 is 0 Å². The van der Waals surface area contributed by atoms with Crippen LogP contribution in [-0.4, -0.2) is 31.1 Å². The zero-order chi connectivity index (χ0) is 23.9. The summed E-state index contributed by atoms with van der Waals surface area (Å²) in [4.78, 5) is 0. The number of rotatable bonds is 10. The minimum absolute atomic E-state index is 0.120. The van der Waals surface area contributed by atoms with Gasteiger partial charge >= 0.3 is 0 Å². The molecule has 1 aromatic heterocycles. The van der Waals surface area contributed by atoms with Crippen LogP contribution < -0.4 is 4.74 Å². The smallest absolute Gasteiger partial charge is 0.166 e. The van der Waals surface area contributed by atoms with Gasteiger partial charge in [0.15, 0.2) is 5.76 Å². The lowest BCUT2D eigenvalue weighted by molar-refractivity contribution is -0.0743. The lowest BCUT2D eigenvalue weighted by Gasteiger charge is -2.19. The summed E-state index contributed by atoms with van der Waals surface area (Å²) in [5.41, 5.74) is 3.97. The molecule has 0 unspecified atom stereocenters. The Labute approximate surface area is 205 Å². The Hall–Kier alpha value is -3.45. The van der Waals surface area contributed by atoms with E-state index in [1.165, 1.54) is 0 Å². The molecule has 6 nitrogen and oxygen atoms in total. The van der Waals surface area contributed by atoms with Gasteiger partial charge in [0.25, 0.3) is 0 Å². The summed E-state index contributed by atoms with van der Waals surface area (Å²) in [6.07, 6.45) is 0.0942. The van der Waals surface area contributed by atoms with E-state index < -0.39 is 0 Å². The van der Waals surface area contributed by atoms with E-state index in [0.29, 0.717) is 32.0 Å². The van der Waals surface area contributed by atoms with Crippen LogP contribution in [0.5, 0.6) is 5.75 Å². The lowest BCUT2D eigenvalue weighted by atomic mass is 10.1. The minimum atomic E-state index is -0.249. The molecular weight excluding hydrogens is 442 g/mol. The molecule has 0 aliphatic carbocycles. The van der Waals surface area contributed by atoms with Crippen LogP contribution in [0.15, 0.2) is 95.5 Å². The number of ether oxygens (including phenoxy) is 4. The summed E-state index contributed by atoms with van der Waals surface area (Å²) in [7, 11) is 1.65. The quantitative estimate of drug-likeness (QED) is 0.283. The highest BCUT2D eigenvalue weighted by molar-refractivity contribution is 5.60. The van der Waals surface area contributed by atoms with E-state index >= 15 is 0 Å². The first-order valence-corrected chi connectivity index (χ1v) is 11.8. The van der Waals surface area contributed by atoms with E-state index in [1.54, 1.807) is 7.11 Å². The maximum Gasteiger partial charge on any atom is 0.166 e. The second kappa shape index (κ2) is 11.3.